The average molecular weight is 302 g/mol. The van der Waals surface area contributed by atoms with E-state index in [1.165, 1.54) is 5.57 Å². The summed E-state index contributed by atoms with van der Waals surface area (Å²) in [6.45, 7) is 4.88. The fourth-order valence-corrected chi connectivity index (χ4v) is 2.22. The van der Waals surface area contributed by atoms with Crippen LogP contribution in [0, 0.1) is 0 Å². The Morgan fingerprint density at radius 1 is 1.27 bits per heavy atom. The van der Waals surface area contributed by atoms with E-state index in [1.807, 2.05) is 50.3 Å². The first-order valence-corrected chi connectivity index (χ1v) is 7.54. The minimum absolute atomic E-state index is 0.0365. The van der Waals surface area contributed by atoms with E-state index in [-0.39, 0.29) is 25.1 Å². The van der Waals surface area contributed by atoms with Gasteiger partial charge in [0.1, 0.15) is 13.2 Å². The number of amides is 2. The molecule has 0 aliphatic heterocycles. The van der Waals surface area contributed by atoms with Crippen LogP contribution in [0.15, 0.2) is 42.0 Å². The topological polar surface area (TPSA) is 58.6 Å². The normalized spacial score (nSPS) is 15.7. The zero-order chi connectivity index (χ0) is 15.9. The SMILES string of the molecule is CCCN(C(=O)CNC(=O)OCc1ccccc1)[C@H]1C=C1C. The van der Waals surface area contributed by atoms with Gasteiger partial charge in [-0.1, -0.05) is 43.3 Å². The van der Waals surface area contributed by atoms with Crippen molar-refractivity contribution in [2.75, 3.05) is 13.1 Å². The Hall–Kier alpha value is -2.30. The summed E-state index contributed by atoms with van der Waals surface area (Å²) in [6, 6.07) is 9.56. The van der Waals surface area contributed by atoms with Gasteiger partial charge in [0.2, 0.25) is 5.91 Å². The largest absolute Gasteiger partial charge is 0.445 e. The molecule has 118 valence electrons. The van der Waals surface area contributed by atoms with E-state index in [0.29, 0.717) is 6.54 Å². The first kappa shape index (κ1) is 16.1. The van der Waals surface area contributed by atoms with Crippen LogP contribution in [0.4, 0.5) is 4.79 Å². The summed E-state index contributed by atoms with van der Waals surface area (Å²) in [5, 5.41) is 2.51. The minimum Gasteiger partial charge on any atom is -0.445 e. The number of nitrogens with one attached hydrogen (secondary N) is 1. The number of ether oxygens (including phenoxy) is 1. The maximum Gasteiger partial charge on any atom is 0.407 e. The molecule has 2 rings (SSSR count). The molecule has 1 aliphatic rings. The maximum atomic E-state index is 12.2. The van der Waals surface area contributed by atoms with Crippen LogP contribution >= 0.6 is 0 Å². The molecule has 0 unspecified atom stereocenters. The Morgan fingerprint density at radius 3 is 2.55 bits per heavy atom. The predicted octanol–water partition coefficient (Wildman–Crippen LogP) is 2.48. The first-order valence-electron chi connectivity index (χ1n) is 7.54. The lowest BCUT2D eigenvalue weighted by Crippen LogP contribution is -2.42. The molecule has 0 saturated heterocycles. The molecular formula is C17H22N2O3. The quantitative estimate of drug-likeness (QED) is 0.787. The monoisotopic (exact) mass is 302 g/mol. The predicted molar refractivity (Wildman–Crippen MR) is 84.2 cm³/mol. The Morgan fingerprint density at radius 2 is 1.95 bits per heavy atom. The van der Waals surface area contributed by atoms with E-state index in [9.17, 15) is 9.59 Å². The molecule has 1 N–H and O–H groups in total. The lowest BCUT2D eigenvalue weighted by molar-refractivity contribution is -0.130. The Balaban J connectivity index is 1.71. The van der Waals surface area contributed by atoms with Gasteiger partial charge in [0.05, 0.1) is 6.04 Å². The van der Waals surface area contributed by atoms with Gasteiger partial charge in [0, 0.05) is 6.54 Å². The minimum atomic E-state index is -0.575. The van der Waals surface area contributed by atoms with Gasteiger partial charge in [0.25, 0.3) is 0 Å². The van der Waals surface area contributed by atoms with Crippen molar-refractivity contribution in [2.24, 2.45) is 0 Å². The summed E-state index contributed by atoms with van der Waals surface area (Å²) in [6.07, 6.45) is 2.36. The Kier molecular flexibility index (Phi) is 5.58. The molecule has 0 spiro atoms. The zero-order valence-electron chi connectivity index (χ0n) is 13.0. The standard InChI is InChI=1S/C17H22N2O3/c1-3-9-19(15-10-13(15)2)16(20)11-18-17(21)22-12-14-7-5-4-6-8-14/h4-8,10,15H,3,9,11-12H2,1-2H3,(H,18,21)/t15-/m0/s1. The van der Waals surface area contributed by atoms with E-state index < -0.39 is 6.09 Å². The highest BCUT2D eigenvalue weighted by Crippen LogP contribution is 2.25. The first-order chi connectivity index (χ1) is 10.6. The van der Waals surface area contributed by atoms with Crippen molar-refractivity contribution in [3.05, 3.63) is 47.5 Å². The van der Waals surface area contributed by atoms with Gasteiger partial charge in [-0.05, 0) is 24.5 Å². The molecule has 5 nitrogen and oxygen atoms in total. The molecule has 0 saturated carbocycles. The van der Waals surface area contributed by atoms with Crippen molar-refractivity contribution in [3.8, 4) is 0 Å². The molecule has 0 radical (unpaired) electrons. The third-order valence-electron chi connectivity index (χ3n) is 3.50. The van der Waals surface area contributed by atoms with E-state index in [0.717, 1.165) is 12.0 Å². The lowest BCUT2D eigenvalue weighted by atomic mass is 10.2. The van der Waals surface area contributed by atoms with Crippen molar-refractivity contribution in [1.29, 1.82) is 0 Å². The van der Waals surface area contributed by atoms with Gasteiger partial charge in [-0.2, -0.15) is 0 Å². The molecule has 0 aromatic heterocycles. The smallest absolute Gasteiger partial charge is 0.407 e. The number of rotatable bonds is 7. The van der Waals surface area contributed by atoms with Crippen LogP contribution < -0.4 is 5.32 Å². The third kappa shape index (κ3) is 4.62. The summed E-state index contributed by atoms with van der Waals surface area (Å²) in [5.74, 6) is -0.0865. The van der Waals surface area contributed by atoms with Crippen molar-refractivity contribution in [1.82, 2.24) is 10.2 Å². The van der Waals surface area contributed by atoms with Crippen LogP contribution in [-0.2, 0) is 16.1 Å². The van der Waals surface area contributed by atoms with Gasteiger partial charge in [-0.25, -0.2) is 4.79 Å². The number of nitrogens with zero attached hydrogens (tertiary/aromatic N) is 1. The number of benzene rings is 1. The highest BCUT2D eigenvalue weighted by atomic mass is 16.5. The van der Waals surface area contributed by atoms with Crippen LogP contribution in [0.25, 0.3) is 0 Å². The van der Waals surface area contributed by atoms with E-state index in [1.54, 1.807) is 4.90 Å². The average Bonchev–Trinajstić information content (AvgIpc) is 3.25. The fraction of sp³-hybridized carbons (Fsp3) is 0.412. The summed E-state index contributed by atoms with van der Waals surface area (Å²) in [5.41, 5.74) is 2.11. The van der Waals surface area contributed by atoms with Crippen LogP contribution in [0.5, 0.6) is 0 Å². The molecule has 2 amide bonds. The number of carbonyl (C=O) groups excluding carboxylic acids is 2. The second kappa shape index (κ2) is 7.64. The second-order valence-corrected chi connectivity index (χ2v) is 5.36. The molecule has 1 aromatic rings. The Labute approximate surface area is 130 Å². The Bertz CT molecular complexity index is 554. The summed E-state index contributed by atoms with van der Waals surface area (Å²) < 4.78 is 5.08. The molecule has 1 atom stereocenters. The fourth-order valence-electron chi connectivity index (χ4n) is 2.22. The van der Waals surface area contributed by atoms with Crippen molar-refractivity contribution >= 4 is 12.0 Å². The maximum absolute atomic E-state index is 12.2. The number of hydrogen-bond acceptors (Lipinski definition) is 3. The molecule has 1 aromatic carbocycles. The summed E-state index contributed by atoms with van der Waals surface area (Å²) in [4.78, 5) is 25.6. The molecule has 0 bridgehead atoms. The molecule has 0 fully saturated rings. The van der Waals surface area contributed by atoms with Crippen molar-refractivity contribution < 1.29 is 14.3 Å². The van der Waals surface area contributed by atoms with Crippen LogP contribution in [-0.4, -0.2) is 36.0 Å². The van der Waals surface area contributed by atoms with Crippen LogP contribution in [0.3, 0.4) is 0 Å². The van der Waals surface area contributed by atoms with Gasteiger partial charge >= 0.3 is 6.09 Å². The highest BCUT2D eigenvalue weighted by Gasteiger charge is 2.30. The van der Waals surface area contributed by atoms with Crippen molar-refractivity contribution in [3.63, 3.8) is 0 Å². The third-order valence-corrected chi connectivity index (χ3v) is 3.50. The number of carbonyl (C=O) groups is 2. The highest BCUT2D eigenvalue weighted by molar-refractivity contribution is 5.83. The summed E-state index contributed by atoms with van der Waals surface area (Å²) in [7, 11) is 0. The number of alkyl carbamates (subject to hydrolysis) is 1. The van der Waals surface area contributed by atoms with E-state index >= 15 is 0 Å². The number of hydrogen-bond donors (Lipinski definition) is 1. The van der Waals surface area contributed by atoms with Gasteiger partial charge in [-0.3, -0.25) is 4.79 Å². The van der Waals surface area contributed by atoms with Crippen LogP contribution in [0.1, 0.15) is 25.8 Å². The zero-order valence-corrected chi connectivity index (χ0v) is 13.0. The van der Waals surface area contributed by atoms with E-state index in [2.05, 4.69) is 5.32 Å². The molecule has 22 heavy (non-hydrogen) atoms. The van der Waals surface area contributed by atoms with Crippen LogP contribution in [0.2, 0.25) is 0 Å². The summed E-state index contributed by atoms with van der Waals surface area (Å²) >= 11 is 0. The van der Waals surface area contributed by atoms with Gasteiger partial charge in [-0.15, -0.1) is 0 Å². The second-order valence-electron chi connectivity index (χ2n) is 5.36. The van der Waals surface area contributed by atoms with Gasteiger partial charge in [0.15, 0.2) is 0 Å². The molecular weight excluding hydrogens is 280 g/mol. The lowest BCUT2D eigenvalue weighted by Gasteiger charge is -2.22. The molecule has 5 heteroatoms. The molecule has 0 heterocycles. The van der Waals surface area contributed by atoms with Crippen molar-refractivity contribution in [2.45, 2.75) is 32.9 Å². The van der Waals surface area contributed by atoms with Gasteiger partial charge < -0.3 is 15.0 Å². The van der Waals surface area contributed by atoms with E-state index in [4.69, 9.17) is 4.74 Å². The molecule has 1 aliphatic carbocycles.